The van der Waals surface area contributed by atoms with Crippen LogP contribution in [0.5, 0.6) is 11.5 Å². The van der Waals surface area contributed by atoms with Gasteiger partial charge in [0.25, 0.3) is 5.91 Å². The average molecular weight is 579 g/mol. The normalized spacial score (nSPS) is 11.5. The van der Waals surface area contributed by atoms with Crippen molar-refractivity contribution < 1.29 is 31.5 Å². The molecule has 0 fully saturated rings. The number of benzene rings is 2. The highest BCUT2D eigenvalue weighted by Crippen LogP contribution is 2.33. The number of ether oxygens (including phenoxy) is 2. The molecule has 0 saturated heterocycles. The number of hydrogen-bond acceptors (Lipinski definition) is 9. The van der Waals surface area contributed by atoms with Gasteiger partial charge in [-0.15, -0.1) is 11.3 Å². The fourth-order valence-corrected chi connectivity index (χ4v) is 5.06. The molecular weight excluding hydrogens is 554 g/mol. The Kier molecular flexibility index (Phi) is 8.13. The Hall–Kier alpha value is -4.08. The largest absolute Gasteiger partial charge is 0.497 e. The molecule has 11 nitrogen and oxygen atoms in total. The molecule has 2 aromatic heterocycles. The molecule has 0 aliphatic carbocycles. The van der Waals surface area contributed by atoms with Crippen molar-refractivity contribution in [2.75, 3.05) is 43.7 Å². The molecule has 0 aliphatic rings. The molecule has 0 saturated carbocycles. The summed E-state index contributed by atoms with van der Waals surface area (Å²) in [5.41, 5.74) is -0.187. The van der Waals surface area contributed by atoms with E-state index in [2.05, 4.69) is 20.6 Å². The van der Waals surface area contributed by atoms with E-state index in [9.17, 15) is 17.6 Å². The lowest BCUT2D eigenvalue weighted by Gasteiger charge is -2.16. The predicted molar refractivity (Wildman–Crippen MR) is 145 cm³/mol. The summed E-state index contributed by atoms with van der Waals surface area (Å²) in [5.74, 6) is -1.51. The lowest BCUT2D eigenvalue weighted by Crippen LogP contribution is -2.29. The van der Waals surface area contributed by atoms with Crippen molar-refractivity contribution in [1.29, 1.82) is 0 Å². The second-order valence-electron chi connectivity index (χ2n) is 8.21. The van der Waals surface area contributed by atoms with Gasteiger partial charge in [0.15, 0.2) is 5.82 Å². The Morgan fingerprint density at radius 2 is 1.87 bits per heavy atom. The number of carbonyl (C=O) groups is 1. The molecule has 2 aromatic carbocycles. The second kappa shape index (κ2) is 11.3. The van der Waals surface area contributed by atoms with Gasteiger partial charge in [-0.1, -0.05) is 0 Å². The van der Waals surface area contributed by atoms with Crippen LogP contribution in [-0.2, 0) is 16.8 Å². The van der Waals surface area contributed by atoms with Crippen LogP contribution in [0.1, 0.15) is 15.9 Å². The number of thiophene rings is 1. The first kappa shape index (κ1) is 27.9. The smallest absolute Gasteiger partial charge is 0.301 e. The van der Waals surface area contributed by atoms with E-state index in [1.807, 2.05) is 10.8 Å². The van der Waals surface area contributed by atoms with Crippen LogP contribution in [0.2, 0.25) is 0 Å². The number of carbonyl (C=O) groups excluding carboxylic acids is 1. The van der Waals surface area contributed by atoms with Crippen molar-refractivity contribution in [1.82, 2.24) is 14.3 Å². The maximum Gasteiger partial charge on any atom is 0.301 e. The Morgan fingerprint density at radius 1 is 1.10 bits per heavy atom. The second-order valence-corrected chi connectivity index (χ2v) is 11.0. The van der Waals surface area contributed by atoms with Crippen LogP contribution >= 0.6 is 11.3 Å². The minimum absolute atomic E-state index is 0.0561. The van der Waals surface area contributed by atoms with E-state index in [-0.39, 0.29) is 11.1 Å². The highest BCUT2D eigenvalue weighted by Gasteiger charge is 2.23. The summed E-state index contributed by atoms with van der Waals surface area (Å²) in [6.07, 6.45) is 1.26. The van der Waals surface area contributed by atoms with Gasteiger partial charge in [-0.25, -0.2) is 18.7 Å². The summed E-state index contributed by atoms with van der Waals surface area (Å²) in [6, 6.07) is 7.15. The van der Waals surface area contributed by atoms with Crippen LogP contribution in [0.25, 0.3) is 10.2 Å². The van der Waals surface area contributed by atoms with Crippen molar-refractivity contribution in [2.24, 2.45) is 0 Å². The number of nitrogens with one attached hydrogen (secondary N) is 3. The minimum Gasteiger partial charge on any atom is -0.497 e. The maximum absolute atomic E-state index is 15.0. The summed E-state index contributed by atoms with van der Waals surface area (Å²) in [7, 11) is 1.52. The van der Waals surface area contributed by atoms with E-state index in [1.54, 1.807) is 26.4 Å². The third-order valence-corrected chi connectivity index (χ3v) is 8.00. The zero-order valence-electron chi connectivity index (χ0n) is 21.2. The molecule has 39 heavy (non-hydrogen) atoms. The molecule has 0 unspecified atom stereocenters. The van der Waals surface area contributed by atoms with Gasteiger partial charge in [-0.2, -0.15) is 12.7 Å². The molecule has 0 spiro atoms. The summed E-state index contributed by atoms with van der Waals surface area (Å²) in [4.78, 5) is 21.5. The van der Waals surface area contributed by atoms with Gasteiger partial charge in [-0.05, 0) is 24.3 Å². The maximum atomic E-state index is 15.0. The number of nitrogens with zero attached hydrogens (tertiary/aromatic N) is 3. The van der Waals surface area contributed by atoms with Crippen LogP contribution in [-0.4, -0.2) is 56.9 Å². The first-order valence-electron chi connectivity index (χ1n) is 11.2. The van der Waals surface area contributed by atoms with Crippen molar-refractivity contribution in [3.63, 3.8) is 0 Å². The molecular formula is C24H24F2N6O5S2. The Balaban J connectivity index is 1.58. The van der Waals surface area contributed by atoms with Gasteiger partial charge in [-0.3, -0.25) is 9.52 Å². The Bertz CT molecular complexity index is 1650. The van der Waals surface area contributed by atoms with E-state index in [4.69, 9.17) is 9.47 Å². The van der Waals surface area contributed by atoms with Gasteiger partial charge in [0.05, 0.1) is 35.7 Å². The fourth-order valence-electron chi connectivity index (χ4n) is 3.47. The van der Waals surface area contributed by atoms with Crippen LogP contribution in [0.4, 0.5) is 26.0 Å². The van der Waals surface area contributed by atoms with Gasteiger partial charge >= 0.3 is 10.2 Å². The molecule has 206 valence electrons. The lowest BCUT2D eigenvalue weighted by atomic mass is 10.2. The summed E-state index contributed by atoms with van der Waals surface area (Å²) < 4.78 is 67.7. The molecule has 2 heterocycles. The van der Waals surface area contributed by atoms with Gasteiger partial charge in [0, 0.05) is 37.6 Å². The Morgan fingerprint density at radius 3 is 2.56 bits per heavy atom. The van der Waals surface area contributed by atoms with Gasteiger partial charge in [0.2, 0.25) is 0 Å². The number of aromatic nitrogens is 2. The third-order valence-electron chi connectivity index (χ3n) is 5.59. The summed E-state index contributed by atoms with van der Waals surface area (Å²) in [6.45, 7) is 0.338. The predicted octanol–water partition coefficient (Wildman–Crippen LogP) is 4.07. The first-order chi connectivity index (χ1) is 18.6. The number of methoxy groups -OCH3 is 2. The average Bonchev–Trinajstić information content (AvgIpc) is 3.36. The first-order valence-corrected chi connectivity index (χ1v) is 13.5. The monoisotopic (exact) mass is 578 g/mol. The Labute approximate surface area is 227 Å². The van der Waals surface area contributed by atoms with Crippen molar-refractivity contribution >= 4 is 54.9 Å². The lowest BCUT2D eigenvalue weighted by molar-refractivity contribution is 0.102. The molecule has 4 aromatic rings. The molecule has 0 radical (unpaired) electrons. The number of hydrogen-bond donors (Lipinski definition) is 3. The van der Waals surface area contributed by atoms with Crippen molar-refractivity contribution in [3.8, 4) is 11.5 Å². The topological polar surface area (TPSA) is 135 Å². The molecule has 0 bridgehead atoms. The highest BCUT2D eigenvalue weighted by molar-refractivity contribution is 7.90. The van der Waals surface area contributed by atoms with Crippen LogP contribution in [0.15, 0.2) is 42.0 Å². The van der Waals surface area contributed by atoms with E-state index in [0.29, 0.717) is 28.6 Å². The number of halogens is 2. The summed E-state index contributed by atoms with van der Waals surface area (Å²) >= 11 is 1.17. The molecule has 0 aliphatic heterocycles. The third kappa shape index (κ3) is 5.84. The highest BCUT2D eigenvalue weighted by atomic mass is 32.2. The molecule has 4 rings (SSSR count). The minimum atomic E-state index is -4.07. The van der Waals surface area contributed by atoms with Crippen LogP contribution in [0, 0.1) is 11.6 Å². The fraction of sp³-hybridized carbons (Fsp3) is 0.208. The quantitative estimate of drug-likeness (QED) is 0.256. The SMILES string of the molecule is COc1ccc(CNc2ncnc3c(C(=O)Nc4c(F)ccc(NS(=O)(=O)N(C)C)c4F)csc23)c(OC)c1. The van der Waals surface area contributed by atoms with Crippen molar-refractivity contribution in [2.45, 2.75) is 6.54 Å². The zero-order valence-corrected chi connectivity index (χ0v) is 22.8. The number of rotatable bonds is 10. The van der Waals surface area contributed by atoms with Crippen LogP contribution < -0.4 is 24.8 Å². The summed E-state index contributed by atoms with van der Waals surface area (Å²) in [5, 5.41) is 6.87. The van der Waals surface area contributed by atoms with E-state index in [1.165, 1.54) is 37.1 Å². The van der Waals surface area contributed by atoms with E-state index < -0.39 is 39.1 Å². The molecule has 1 amide bonds. The molecule has 15 heteroatoms. The number of amides is 1. The van der Waals surface area contributed by atoms with E-state index in [0.717, 1.165) is 22.0 Å². The van der Waals surface area contributed by atoms with Gasteiger partial charge < -0.3 is 20.1 Å². The van der Waals surface area contributed by atoms with Crippen LogP contribution in [0.3, 0.4) is 0 Å². The molecule has 0 atom stereocenters. The number of anilines is 3. The van der Waals surface area contributed by atoms with E-state index >= 15 is 4.39 Å². The zero-order chi connectivity index (χ0) is 28.3. The standard InChI is InChI=1S/C24H24F2N6O5S2/c1-32(2)39(34,35)31-17-8-7-16(25)21(19(17)26)30-24(33)15-11-38-22-20(15)28-12-29-23(22)27-10-13-5-6-14(36-3)9-18(13)37-4/h5-9,11-12,31H,10H2,1-4H3,(H,30,33)(H,27,28,29). The number of fused-ring (bicyclic) bond motifs is 1. The van der Waals surface area contributed by atoms with Gasteiger partial charge in [0.1, 0.15) is 35.1 Å². The molecule has 3 N–H and O–H groups in total. The van der Waals surface area contributed by atoms with Crippen molar-refractivity contribution in [3.05, 3.63) is 64.8 Å².